The Morgan fingerprint density at radius 2 is 1.94 bits per heavy atom. The smallest absolute Gasteiger partial charge is 0.415 e. The standard InChI is InChI=1S/C21H21N3O9S/c25-21-23-17-5-4-14(22-6-8-30-9-7-22)11-19(17)31-12-18(23)20(33-21)13-32-34(28,29)16-3-1-2-15(10-16)24(26)27/h1-5,10-11,18,20H,6-9,12-13H2/t18-,20-/m0/s1. The molecule has 1 amide bonds. The molecule has 0 N–H and O–H groups in total. The number of ether oxygens (including phenoxy) is 3. The van der Waals surface area contributed by atoms with Crippen LogP contribution in [-0.4, -0.2) is 71.1 Å². The maximum atomic E-state index is 12.6. The third kappa shape index (κ3) is 4.13. The molecular formula is C21H21N3O9S. The van der Waals surface area contributed by atoms with Gasteiger partial charge in [-0.15, -0.1) is 0 Å². The Bertz CT molecular complexity index is 1230. The number of hydrogen-bond acceptors (Lipinski definition) is 10. The van der Waals surface area contributed by atoms with E-state index in [0.29, 0.717) is 24.7 Å². The van der Waals surface area contributed by atoms with Crippen molar-refractivity contribution < 1.29 is 36.5 Å². The van der Waals surface area contributed by atoms with Crippen molar-refractivity contribution in [1.82, 2.24) is 0 Å². The first-order chi connectivity index (χ1) is 16.3. The van der Waals surface area contributed by atoms with E-state index in [1.807, 2.05) is 12.1 Å². The first-order valence-electron chi connectivity index (χ1n) is 10.6. The molecule has 2 fully saturated rings. The predicted octanol–water partition coefficient (Wildman–Crippen LogP) is 1.92. The zero-order chi connectivity index (χ0) is 23.9. The van der Waals surface area contributed by atoms with Crippen LogP contribution in [0.3, 0.4) is 0 Å². The lowest BCUT2D eigenvalue weighted by Crippen LogP contribution is -2.46. The number of cyclic esters (lactones) is 1. The molecule has 3 heterocycles. The molecule has 0 aliphatic carbocycles. The van der Waals surface area contributed by atoms with E-state index in [9.17, 15) is 23.3 Å². The van der Waals surface area contributed by atoms with Gasteiger partial charge in [0.1, 0.15) is 29.9 Å². The van der Waals surface area contributed by atoms with Crippen molar-refractivity contribution in [2.75, 3.05) is 49.3 Å². The van der Waals surface area contributed by atoms with Gasteiger partial charge in [0.25, 0.3) is 15.8 Å². The molecule has 0 saturated carbocycles. The third-order valence-electron chi connectivity index (χ3n) is 5.90. The molecular weight excluding hydrogens is 470 g/mol. The lowest BCUT2D eigenvalue weighted by Gasteiger charge is -2.33. The molecule has 2 atom stereocenters. The third-order valence-corrected chi connectivity index (χ3v) is 7.18. The van der Waals surface area contributed by atoms with Gasteiger partial charge < -0.3 is 19.1 Å². The van der Waals surface area contributed by atoms with E-state index in [1.165, 1.54) is 23.1 Å². The summed E-state index contributed by atoms with van der Waals surface area (Å²) in [6.07, 6.45) is -1.54. The molecule has 13 heteroatoms. The van der Waals surface area contributed by atoms with Gasteiger partial charge in [-0.05, 0) is 18.2 Å². The molecule has 5 rings (SSSR count). The van der Waals surface area contributed by atoms with Crippen molar-refractivity contribution >= 4 is 33.3 Å². The minimum Gasteiger partial charge on any atom is -0.489 e. The summed E-state index contributed by atoms with van der Waals surface area (Å²) in [4.78, 5) is 26.1. The number of morpholine rings is 1. The molecule has 3 aliphatic heterocycles. The number of nitro benzene ring substituents is 1. The summed E-state index contributed by atoms with van der Waals surface area (Å²) >= 11 is 0. The number of amides is 1. The first kappa shape index (κ1) is 22.4. The molecule has 12 nitrogen and oxygen atoms in total. The zero-order valence-electron chi connectivity index (χ0n) is 17.9. The molecule has 34 heavy (non-hydrogen) atoms. The summed E-state index contributed by atoms with van der Waals surface area (Å²) in [6, 6.07) is 9.47. The van der Waals surface area contributed by atoms with Gasteiger partial charge in [0, 0.05) is 37.0 Å². The van der Waals surface area contributed by atoms with Gasteiger partial charge in [-0.2, -0.15) is 8.42 Å². The number of carbonyl (C=O) groups is 1. The second-order valence-corrected chi connectivity index (χ2v) is 9.53. The van der Waals surface area contributed by atoms with Crippen molar-refractivity contribution in [1.29, 1.82) is 0 Å². The van der Waals surface area contributed by atoms with Gasteiger partial charge in [0.15, 0.2) is 6.10 Å². The van der Waals surface area contributed by atoms with Crippen LogP contribution in [0.25, 0.3) is 0 Å². The van der Waals surface area contributed by atoms with Crippen LogP contribution in [0.2, 0.25) is 0 Å². The number of non-ortho nitro benzene ring substituents is 1. The van der Waals surface area contributed by atoms with Gasteiger partial charge in [0.2, 0.25) is 0 Å². The van der Waals surface area contributed by atoms with Gasteiger partial charge >= 0.3 is 6.09 Å². The second kappa shape index (κ2) is 8.74. The predicted molar refractivity (Wildman–Crippen MR) is 118 cm³/mol. The van der Waals surface area contributed by atoms with E-state index in [1.54, 1.807) is 6.07 Å². The van der Waals surface area contributed by atoms with Crippen molar-refractivity contribution in [2.24, 2.45) is 0 Å². The highest BCUT2D eigenvalue weighted by Gasteiger charge is 2.47. The summed E-state index contributed by atoms with van der Waals surface area (Å²) in [5.74, 6) is 0.531. The SMILES string of the molecule is O=C1O[C@@H](COS(=O)(=O)c2cccc([N+](=O)[O-])c2)[C@@H]2COc3cc(N4CCOCC4)ccc3N12. The van der Waals surface area contributed by atoms with Gasteiger partial charge in [0.05, 0.1) is 23.8 Å². The number of nitro groups is 1. The Morgan fingerprint density at radius 1 is 1.15 bits per heavy atom. The molecule has 2 aromatic rings. The molecule has 0 unspecified atom stereocenters. The summed E-state index contributed by atoms with van der Waals surface area (Å²) < 4.78 is 46.8. The quantitative estimate of drug-likeness (QED) is 0.335. The van der Waals surface area contributed by atoms with Crippen LogP contribution in [0, 0.1) is 10.1 Å². The normalized spacial score (nSPS) is 21.9. The van der Waals surface area contributed by atoms with Crippen molar-refractivity contribution in [3.05, 3.63) is 52.6 Å². The number of rotatable bonds is 6. The van der Waals surface area contributed by atoms with Crippen molar-refractivity contribution in [3.63, 3.8) is 0 Å². The molecule has 0 spiro atoms. The van der Waals surface area contributed by atoms with Gasteiger partial charge in [-0.25, -0.2) is 4.79 Å². The van der Waals surface area contributed by atoms with E-state index in [-0.39, 0.29) is 17.2 Å². The fourth-order valence-corrected chi connectivity index (χ4v) is 5.12. The highest BCUT2D eigenvalue weighted by atomic mass is 32.2. The number of carbonyl (C=O) groups excluding carboxylic acids is 1. The molecule has 3 aliphatic rings. The number of fused-ring (bicyclic) bond motifs is 3. The van der Waals surface area contributed by atoms with E-state index in [2.05, 4.69) is 4.90 Å². The van der Waals surface area contributed by atoms with E-state index in [0.717, 1.165) is 24.8 Å². The largest absolute Gasteiger partial charge is 0.489 e. The summed E-state index contributed by atoms with van der Waals surface area (Å²) in [5.41, 5.74) is 1.11. The van der Waals surface area contributed by atoms with E-state index >= 15 is 0 Å². The lowest BCUT2D eigenvalue weighted by molar-refractivity contribution is -0.385. The highest BCUT2D eigenvalue weighted by molar-refractivity contribution is 7.86. The molecule has 180 valence electrons. The van der Waals surface area contributed by atoms with Crippen molar-refractivity contribution in [3.8, 4) is 5.75 Å². The Kier molecular flexibility index (Phi) is 5.75. The van der Waals surface area contributed by atoms with Crippen LogP contribution < -0.4 is 14.5 Å². The summed E-state index contributed by atoms with van der Waals surface area (Å²) in [6.45, 7) is 2.43. The number of benzene rings is 2. The van der Waals surface area contributed by atoms with E-state index < -0.39 is 39.9 Å². The molecule has 2 saturated heterocycles. The van der Waals surface area contributed by atoms with Gasteiger partial charge in [-0.1, -0.05) is 6.07 Å². The van der Waals surface area contributed by atoms with Crippen LogP contribution >= 0.6 is 0 Å². The summed E-state index contributed by atoms with van der Waals surface area (Å²) in [7, 11) is -4.31. The van der Waals surface area contributed by atoms with Crippen LogP contribution in [0.1, 0.15) is 0 Å². The molecule has 2 aromatic carbocycles. The van der Waals surface area contributed by atoms with Crippen LogP contribution in [0.5, 0.6) is 5.75 Å². The number of anilines is 2. The van der Waals surface area contributed by atoms with Gasteiger partial charge in [-0.3, -0.25) is 19.2 Å². The zero-order valence-corrected chi connectivity index (χ0v) is 18.7. The maximum Gasteiger partial charge on any atom is 0.415 e. The fourth-order valence-electron chi connectivity index (χ4n) is 4.16. The van der Waals surface area contributed by atoms with Crippen LogP contribution in [0.4, 0.5) is 21.9 Å². The Morgan fingerprint density at radius 3 is 2.71 bits per heavy atom. The minimum atomic E-state index is -4.31. The van der Waals surface area contributed by atoms with Crippen LogP contribution in [-0.2, 0) is 23.8 Å². The Balaban J connectivity index is 1.30. The maximum absolute atomic E-state index is 12.6. The Hall–Kier alpha value is -3.42. The second-order valence-electron chi connectivity index (χ2n) is 7.92. The molecule has 0 bridgehead atoms. The fraction of sp³-hybridized carbons (Fsp3) is 0.381. The monoisotopic (exact) mass is 491 g/mol. The van der Waals surface area contributed by atoms with Crippen molar-refractivity contribution in [2.45, 2.75) is 17.0 Å². The highest BCUT2D eigenvalue weighted by Crippen LogP contribution is 2.41. The lowest BCUT2D eigenvalue weighted by atomic mass is 10.1. The Labute approximate surface area is 194 Å². The van der Waals surface area contributed by atoms with Crippen LogP contribution in [0.15, 0.2) is 47.4 Å². The molecule has 0 aromatic heterocycles. The average Bonchev–Trinajstić information content (AvgIpc) is 3.19. The number of hydrogen-bond donors (Lipinski definition) is 0. The minimum absolute atomic E-state index is 0.0934. The molecule has 0 radical (unpaired) electrons. The van der Waals surface area contributed by atoms with E-state index in [4.69, 9.17) is 18.4 Å². The number of nitrogens with zero attached hydrogens (tertiary/aromatic N) is 3. The summed E-state index contributed by atoms with van der Waals surface area (Å²) in [5, 5.41) is 10.9. The average molecular weight is 491 g/mol. The topological polar surface area (TPSA) is 138 Å². The first-order valence-corrected chi connectivity index (χ1v) is 12.0.